The van der Waals surface area contributed by atoms with Crippen molar-refractivity contribution in [2.75, 3.05) is 32.2 Å². The fourth-order valence-electron chi connectivity index (χ4n) is 4.02. The number of amides is 1. The number of nitrogens with one attached hydrogen (secondary N) is 1. The maximum Gasteiger partial charge on any atom is 0.225 e. The number of carbonyl (C=O) groups excluding carboxylic acids is 1. The van der Waals surface area contributed by atoms with E-state index in [1.165, 1.54) is 12.1 Å². The molecule has 4 rings (SSSR count). The lowest BCUT2D eigenvalue weighted by atomic mass is 9.97. The zero-order chi connectivity index (χ0) is 23.2. The molecule has 0 bridgehead atoms. The molecule has 7 nitrogen and oxygen atoms in total. The third-order valence-electron chi connectivity index (χ3n) is 5.81. The molecular formula is C25H27FN4O3. The molecule has 1 fully saturated rings. The minimum Gasteiger partial charge on any atom is -0.497 e. The van der Waals surface area contributed by atoms with Crippen LogP contribution >= 0.6 is 0 Å². The summed E-state index contributed by atoms with van der Waals surface area (Å²) in [6.07, 6.45) is 5.06. The second-order valence-corrected chi connectivity index (χ2v) is 7.96. The Kier molecular flexibility index (Phi) is 7.02. The van der Waals surface area contributed by atoms with Crippen molar-refractivity contribution in [3.05, 3.63) is 66.2 Å². The number of nitrogens with zero attached hydrogens (tertiary/aromatic N) is 3. The highest BCUT2D eigenvalue weighted by molar-refractivity contribution is 5.79. The number of aromatic nitrogens is 2. The number of hydrogen-bond donors (Lipinski definition) is 1. The van der Waals surface area contributed by atoms with Crippen LogP contribution < -0.4 is 19.7 Å². The standard InChI is InChI=1S/C25H27FN4O3/c1-32-22-8-9-23(33-2)19(12-22)13-27-24(31)18-6-4-10-30(16-18)25-28-14-20(15-29-25)17-5-3-7-21(26)11-17/h3,5,7-9,11-12,14-15,18H,4,6,10,13,16H2,1-2H3,(H,27,31)/t18-/m1/s1. The summed E-state index contributed by atoms with van der Waals surface area (Å²) in [7, 11) is 3.21. The largest absolute Gasteiger partial charge is 0.497 e. The van der Waals surface area contributed by atoms with Gasteiger partial charge in [0.05, 0.1) is 20.1 Å². The molecule has 2 heterocycles. The predicted molar refractivity (Wildman–Crippen MR) is 124 cm³/mol. The van der Waals surface area contributed by atoms with E-state index >= 15 is 0 Å². The van der Waals surface area contributed by atoms with Gasteiger partial charge in [-0.3, -0.25) is 4.79 Å². The van der Waals surface area contributed by atoms with Crippen molar-refractivity contribution in [2.45, 2.75) is 19.4 Å². The predicted octanol–water partition coefficient (Wildman–Crippen LogP) is 3.83. The van der Waals surface area contributed by atoms with Crippen molar-refractivity contribution < 1.29 is 18.7 Å². The van der Waals surface area contributed by atoms with Crippen molar-refractivity contribution >= 4 is 11.9 Å². The van der Waals surface area contributed by atoms with Gasteiger partial charge in [-0.1, -0.05) is 12.1 Å². The lowest BCUT2D eigenvalue weighted by Crippen LogP contribution is -2.43. The van der Waals surface area contributed by atoms with Crippen LogP contribution in [0, 0.1) is 11.7 Å². The molecule has 1 aliphatic rings. The molecule has 172 valence electrons. The average Bonchev–Trinajstić information content (AvgIpc) is 2.87. The summed E-state index contributed by atoms with van der Waals surface area (Å²) in [4.78, 5) is 23.8. The minimum absolute atomic E-state index is 0.0130. The van der Waals surface area contributed by atoms with Crippen molar-refractivity contribution in [1.29, 1.82) is 0 Å². The normalized spacial score (nSPS) is 15.7. The second-order valence-electron chi connectivity index (χ2n) is 7.96. The lowest BCUT2D eigenvalue weighted by molar-refractivity contribution is -0.125. The third kappa shape index (κ3) is 5.39. The summed E-state index contributed by atoms with van der Waals surface area (Å²) in [5.41, 5.74) is 2.33. The van der Waals surface area contributed by atoms with E-state index in [0.29, 0.717) is 30.5 Å². The van der Waals surface area contributed by atoms with Gasteiger partial charge in [-0.15, -0.1) is 0 Å². The average molecular weight is 451 g/mol. The summed E-state index contributed by atoms with van der Waals surface area (Å²) in [6.45, 7) is 1.68. The zero-order valence-corrected chi connectivity index (χ0v) is 18.8. The molecule has 0 saturated carbocycles. The number of halogens is 1. The van der Waals surface area contributed by atoms with Gasteiger partial charge in [0.15, 0.2) is 0 Å². The molecule has 0 aliphatic carbocycles. The number of hydrogen-bond acceptors (Lipinski definition) is 6. The topological polar surface area (TPSA) is 76.6 Å². The smallest absolute Gasteiger partial charge is 0.225 e. The van der Waals surface area contributed by atoms with Crippen LogP contribution in [-0.4, -0.2) is 43.2 Å². The molecule has 3 aromatic rings. The first-order chi connectivity index (χ1) is 16.1. The van der Waals surface area contributed by atoms with Gasteiger partial charge in [-0.25, -0.2) is 14.4 Å². The first-order valence-electron chi connectivity index (χ1n) is 10.9. The van der Waals surface area contributed by atoms with E-state index in [1.54, 1.807) is 32.7 Å². The zero-order valence-electron chi connectivity index (χ0n) is 18.8. The van der Waals surface area contributed by atoms with Crippen molar-refractivity contribution in [3.8, 4) is 22.6 Å². The highest BCUT2D eigenvalue weighted by Crippen LogP contribution is 2.25. The number of anilines is 1. The highest BCUT2D eigenvalue weighted by atomic mass is 19.1. The number of benzene rings is 2. The van der Waals surface area contributed by atoms with Crippen LogP contribution in [0.15, 0.2) is 54.9 Å². The van der Waals surface area contributed by atoms with Crippen molar-refractivity contribution in [2.24, 2.45) is 5.92 Å². The first kappa shape index (κ1) is 22.5. The first-order valence-corrected chi connectivity index (χ1v) is 10.9. The summed E-state index contributed by atoms with van der Waals surface area (Å²) in [5.74, 6) is 1.51. The van der Waals surface area contributed by atoms with E-state index in [1.807, 2.05) is 29.2 Å². The number of rotatable bonds is 7. The van der Waals surface area contributed by atoms with E-state index in [-0.39, 0.29) is 17.6 Å². The summed E-state index contributed by atoms with van der Waals surface area (Å²) in [6, 6.07) is 11.9. The summed E-state index contributed by atoms with van der Waals surface area (Å²) >= 11 is 0. The fraction of sp³-hybridized carbons (Fsp3) is 0.320. The minimum atomic E-state index is -0.298. The molecule has 8 heteroatoms. The quantitative estimate of drug-likeness (QED) is 0.590. The van der Waals surface area contributed by atoms with Crippen molar-refractivity contribution in [1.82, 2.24) is 15.3 Å². The van der Waals surface area contributed by atoms with Gasteiger partial charge in [0, 0.05) is 43.2 Å². The van der Waals surface area contributed by atoms with Gasteiger partial charge in [-0.2, -0.15) is 0 Å². The van der Waals surface area contributed by atoms with Crippen LogP contribution in [-0.2, 0) is 11.3 Å². The second kappa shape index (κ2) is 10.3. The van der Waals surface area contributed by atoms with Crippen LogP contribution in [0.4, 0.5) is 10.3 Å². The molecule has 33 heavy (non-hydrogen) atoms. The number of piperidine rings is 1. The van der Waals surface area contributed by atoms with Crippen LogP contribution in [0.5, 0.6) is 11.5 Å². The SMILES string of the molecule is COc1ccc(OC)c(CNC(=O)[C@@H]2CCCN(c3ncc(-c4cccc(F)c4)cn3)C2)c1. The van der Waals surface area contributed by atoms with Gasteiger partial charge in [0.1, 0.15) is 17.3 Å². The van der Waals surface area contributed by atoms with Gasteiger partial charge < -0.3 is 19.7 Å². The van der Waals surface area contributed by atoms with Gasteiger partial charge in [0.2, 0.25) is 11.9 Å². The Hall–Kier alpha value is -3.68. The monoisotopic (exact) mass is 450 g/mol. The molecule has 1 aliphatic heterocycles. The highest BCUT2D eigenvalue weighted by Gasteiger charge is 2.27. The van der Waals surface area contributed by atoms with Crippen molar-refractivity contribution in [3.63, 3.8) is 0 Å². The summed E-state index contributed by atoms with van der Waals surface area (Å²) < 4.78 is 24.2. The molecule has 0 unspecified atom stereocenters. The van der Waals surface area contributed by atoms with Crippen LogP contribution in [0.3, 0.4) is 0 Å². The Balaban J connectivity index is 1.39. The molecule has 1 aromatic heterocycles. The van der Waals surface area contributed by atoms with Crippen LogP contribution in [0.25, 0.3) is 11.1 Å². The van der Waals surface area contributed by atoms with E-state index in [9.17, 15) is 9.18 Å². The van der Waals surface area contributed by atoms with Gasteiger partial charge >= 0.3 is 0 Å². The van der Waals surface area contributed by atoms with E-state index in [0.717, 1.165) is 36.1 Å². The Morgan fingerprint density at radius 1 is 1.12 bits per heavy atom. The molecule has 2 aromatic carbocycles. The molecule has 1 N–H and O–H groups in total. The van der Waals surface area contributed by atoms with Crippen LogP contribution in [0.2, 0.25) is 0 Å². The Labute approximate surface area is 192 Å². The number of ether oxygens (including phenoxy) is 2. The lowest BCUT2D eigenvalue weighted by Gasteiger charge is -2.32. The van der Waals surface area contributed by atoms with E-state index in [2.05, 4.69) is 15.3 Å². The number of carbonyl (C=O) groups is 1. The van der Waals surface area contributed by atoms with Gasteiger partial charge in [-0.05, 0) is 48.7 Å². The van der Waals surface area contributed by atoms with E-state index < -0.39 is 0 Å². The molecule has 1 amide bonds. The van der Waals surface area contributed by atoms with E-state index in [4.69, 9.17) is 9.47 Å². The Morgan fingerprint density at radius 3 is 2.67 bits per heavy atom. The van der Waals surface area contributed by atoms with Crippen LogP contribution in [0.1, 0.15) is 18.4 Å². The van der Waals surface area contributed by atoms with Gasteiger partial charge in [0.25, 0.3) is 0 Å². The molecule has 1 atom stereocenters. The molecule has 0 spiro atoms. The third-order valence-corrected chi connectivity index (χ3v) is 5.81. The maximum atomic E-state index is 13.5. The Morgan fingerprint density at radius 2 is 1.94 bits per heavy atom. The summed E-state index contributed by atoms with van der Waals surface area (Å²) in [5, 5.41) is 3.03. The molecule has 0 radical (unpaired) electrons. The molecule has 1 saturated heterocycles. The Bertz CT molecular complexity index is 1110. The molecular weight excluding hydrogens is 423 g/mol. The fourth-order valence-corrected chi connectivity index (χ4v) is 4.02. The maximum absolute atomic E-state index is 13.5. The number of methoxy groups -OCH3 is 2.